The lowest BCUT2D eigenvalue weighted by atomic mass is 10.3. The summed E-state index contributed by atoms with van der Waals surface area (Å²) >= 11 is 2.90. The van der Waals surface area contributed by atoms with E-state index in [1.807, 2.05) is 6.92 Å². The Labute approximate surface area is 124 Å². The van der Waals surface area contributed by atoms with Crippen LogP contribution in [0.3, 0.4) is 0 Å². The van der Waals surface area contributed by atoms with E-state index in [1.165, 1.54) is 0 Å². The number of anilines is 1. The van der Waals surface area contributed by atoms with E-state index < -0.39 is 11.6 Å². The summed E-state index contributed by atoms with van der Waals surface area (Å²) in [6, 6.07) is 2.05. The molecule has 0 aliphatic carbocycles. The summed E-state index contributed by atoms with van der Waals surface area (Å²) in [5, 5.41) is 2.59. The number of hydrazine groups is 1. The van der Waals surface area contributed by atoms with Gasteiger partial charge in [-0.05, 0) is 35.3 Å². The van der Waals surface area contributed by atoms with Crippen molar-refractivity contribution in [2.45, 2.75) is 13.3 Å². The average Bonchev–Trinajstić information content (AvgIpc) is 2.42. The van der Waals surface area contributed by atoms with Crippen LogP contribution in [-0.2, 0) is 4.74 Å². The maximum atomic E-state index is 13.6. The molecule has 0 radical (unpaired) electrons. The summed E-state index contributed by atoms with van der Waals surface area (Å²) < 4.78 is 32.2. The minimum atomic E-state index is -0.615. The number of halogens is 3. The van der Waals surface area contributed by atoms with Crippen LogP contribution in [0.2, 0.25) is 0 Å². The fraction of sp³-hybridized carbons (Fsp3) is 0.417. The van der Waals surface area contributed by atoms with Gasteiger partial charge in [-0.3, -0.25) is 10.4 Å². The zero-order valence-corrected chi connectivity index (χ0v) is 12.6. The molecular weight excluding hydrogens is 334 g/mol. The van der Waals surface area contributed by atoms with Crippen LogP contribution >= 0.6 is 15.9 Å². The largest absolute Gasteiger partial charge is 0.382 e. The molecule has 0 amide bonds. The lowest BCUT2D eigenvalue weighted by Crippen LogP contribution is -2.36. The van der Waals surface area contributed by atoms with Crippen molar-refractivity contribution in [2.24, 2.45) is 10.8 Å². The smallest absolute Gasteiger partial charge is 0.210 e. The van der Waals surface area contributed by atoms with E-state index in [4.69, 9.17) is 10.6 Å². The third-order valence-electron chi connectivity index (χ3n) is 2.32. The average molecular weight is 351 g/mol. The number of ether oxygens (including phenoxy) is 1. The van der Waals surface area contributed by atoms with E-state index in [2.05, 4.69) is 31.7 Å². The second-order valence-electron chi connectivity index (χ2n) is 3.80. The summed E-state index contributed by atoms with van der Waals surface area (Å²) in [6.07, 6.45) is 0.706. The highest BCUT2D eigenvalue weighted by Crippen LogP contribution is 2.23. The molecule has 0 bridgehead atoms. The summed E-state index contributed by atoms with van der Waals surface area (Å²) in [5.41, 5.74) is 2.25. The number of aliphatic imine (C=N–C) groups is 1. The van der Waals surface area contributed by atoms with Crippen molar-refractivity contribution in [3.8, 4) is 0 Å². The monoisotopic (exact) mass is 350 g/mol. The Morgan fingerprint density at radius 2 is 2.15 bits per heavy atom. The van der Waals surface area contributed by atoms with E-state index in [-0.39, 0.29) is 16.1 Å². The number of nitrogens with zero attached hydrogens (tertiary/aromatic N) is 1. The molecule has 0 aliphatic heterocycles. The van der Waals surface area contributed by atoms with E-state index in [1.54, 1.807) is 0 Å². The lowest BCUT2D eigenvalue weighted by molar-refractivity contribution is 0.146. The van der Waals surface area contributed by atoms with Crippen molar-refractivity contribution in [1.29, 1.82) is 0 Å². The second-order valence-corrected chi connectivity index (χ2v) is 4.65. The normalized spacial score (nSPS) is 11.6. The third kappa shape index (κ3) is 5.40. The maximum absolute atomic E-state index is 13.6. The maximum Gasteiger partial charge on any atom is 0.210 e. The number of hydrogen-bond acceptors (Lipinski definition) is 3. The predicted molar refractivity (Wildman–Crippen MR) is 78.4 cm³/mol. The van der Waals surface area contributed by atoms with E-state index >= 15 is 0 Å². The van der Waals surface area contributed by atoms with Crippen LogP contribution in [0.25, 0.3) is 0 Å². The molecule has 0 aromatic heterocycles. The van der Waals surface area contributed by atoms with E-state index in [0.717, 1.165) is 12.1 Å². The Hall–Kier alpha value is -1.25. The molecule has 0 aliphatic rings. The SMILES string of the molecule is CCOCCCN=C(NN)Nc1cc(F)c(Br)cc1F. The quantitative estimate of drug-likeness (QED) is 0.184. The first-order valence-electron chi connectivity index (χ1n) is 6.08. The molecule has 5 nitrogen and oxygen atoms in total. The van der Waals surface area contributed by atoms with Crippen molar-refractivity contribution in [3.63, 3.8) is 0 Å². The van der Waals surface area contributed by atoms with E-state index in [0.29, 0.717) is 26.2 Å². The highest BCUT2D eigenvalue weighted by Gasteiger charge is 2.09. The Kier molecular flexibility index (Phi) is 7.42. The van der Waals surface area contributed by atoms with Gasteiger partial charge in [0.05, 0.1) is 10.2 Å². The standard InChI is InChI=1S/C12H17BrF2N4O/c1-2-20-5-3-4-17-12(19-16)18-11-7-9(14)8(13)6-10(11)15/h6-7H,2-5,16H2,1H3,(H2,17,18,19). The van der Waals surface area contributed by atoms with Crippen LogP contribution < -0.4 is 16.6 Å². The fourth-order valence-electron chi connectivity index (χ4n) is 1.37. The molecule has 1 aromatic carbocycles. The lowest BCUT2D eigenvalue weighted by Gasteiger charge is -2.10. The van der Waals surface area contributed by atoms with Crippen molar-refractivity contribution >= 4 is 27.6 Å². The van der Waals surface area contributed by atoms with Gasteiger partial charge < -0.3 is 10.1 Å². The van der Waals surface area contributed by atoms with Crippen LogP contribution in [0.4, 0.5) is 14.5 Å². The molecule has 0 spiro atoms. The molecule has 0 saturated heterocycles. The molecule has 1 rings (SSSR count). The number of rotatable bonds is 6. The van der Waals surface area contributed by atoms with Gasteiger partial charge in [0.2, 0.25) is 5.96 Å². The number of nitrogens with two attached hydrogens (primary N) is 1. The van der Waals surface area contributed by atoms with Gasteiger partial charge in [-0.25, -0.2) is 14.6 Å². The highest BCUT2D eigenvalue weighted by atomic mass is 79.9. The molecule has 1 aromatic rings. The molecule has 0 atom stereocenters. The first-order valence-corrected chi connectivity index (χ1v) is 6.88. The Bertz CT molecular complexity index is 471. The molecule has 20 heavy (non-hydrogen) atoms. The second kappa shape index (κ2) is 8.83. The number of nitrogens with one attached hydrogen (secondary N) is 2. The van der Waals surface area contributed by atoms with Crippen molar-refractivity contribution in [3.05, 3.63) is 28.2 Å². The van der Waals surface area contributed by atoms with Gasteiger partial charge in [0.15, 0.2) is 0 Å². The zero-order valence-electron chi connectivity index (χ0n) is 11.0. The Morgan fingerprint density at radius 1 is 1.40 bits per heavy atom. The number of benzene rings is 1. The molecule has 4 N–H and O–H groups in total. The molecular formula is C12H17BrF2N4O. The minimum Gasteiger partial charge on any atom is -0.382 e. The van der Waals surface area contributed by atoms with Crippen LogP contribution in [-0.4, -0.2) is 25.7 Å². The summed E-state index contributed by atoms with van der Waals surface area (Å²) in [6.45, 7) is 3.59. The molecule has 0 fully saturated rings. The molecule has 0 saturated carbocycles. The first kappa shape index (κ1) is 16.8. The van der Waals surface area contributed by atoms with Crippen molar-refractivity contribution in [2.75, 3.05) is 25.1 Å². The minimum absolute atomic E-state index is 0.0489. The van der Waals surface area contributed by atoms with Gasteiger partial charge in [-0.2, -0.15) is 0 Å². The van der Waals surface area contributed by atoms with Crippen LogP contribution in [0.5, 0.6) is 0 Å². The van der Waals surface area contributed by atoms with Gasteiger partial charge in [0.1, 0.15) is 11.6 Å². The Morgan fingerprint density at radius 3 is 2.80 bits per heavy atom. The third-order valence-corrected chi connectivity index (χ3v) is 2.93. The van der Waals surface area contributed by atoms with Crippen LogP contribution in [0.15, 0.2) is 21.6 Å². The summed E-state index contributed by atoms with van der Waals surface area (Å²) in [4.78, 5) is 4.09. The van der Waals surface area contributed by atoms with Crippen molar-refractivity contribution < 1.29 is 13.5 Å². The topological polar surface area (TPSA) is 71.7 Å². The summed E-state index contributed by atoms with van der Waals surface area (Å²) in [7, 11) is 0. The summed E-state index contributed by atoms with van der Waals surface area (Å²) in [5.74, 6) is 4.24. The van der Waals surface area contributed by atoms with Gasteiger partial charge in [0, 0.05) is 25.8 Å². The number of hydrogen-bond donors (Lipinski definition) is 3. The molecule has 8 heteroatoms. The Balaban J connectivity index is 2.64. The molecule has 0 unspecified atom stereocenters. The number of guanidine groups is 1. The van der Waals surface area contributed by atoms with Crippen molar-refractivity contribution in [1.82, 2.24) is 5.43 Å². The molecule has 0 heterocycles. The fourth-order valence-corrected chi connectivity index (χ4v) is 1.68. The highest BCUT2D eigenvalue weighted by molar-refractivity contribution is 9.10. The van der Waals surface area contributed by atoms with Gasteiger partial charge in [0.25, 0.3) is 0 Å². The predicted octanol–water partition coefficient (Wildman–Crippen LogP) is 2.39. The van der Waals surface area contributed by atoms with Gasteiger partial charge in [-0.15, -0.1) is 0 Å². The molecule has 112 valence electrons. The zero-order chi connectivity index (χ0) is 15.0. The van der Waals surface area contributed by atoms with Crippen LogP contribution in [0, 0.1) is 11.6 Å². The van der Waals surface area contributed by atoms with Gasteiger partial charge in [-0.1, -0.05) is 0 Å². The van der Waals surface area contributed by atoms with Gasteiger partial charge >= 0.3 is 0 Å². The van der Waals surface area contributed by atoms with Crippen LogP contribution in [0.1, 0.15) is 13.3 Å². The first-order chi connectivity index (χ1) is 9.58. The van der Waals surface area contributed by atoms with E-state index in [9.17, 15) is 8.78 Å².